The van der Waals surface area contributed by atoms with Gasteiger partial charge in [0.05, 0.1) is 6.10 Å². The number of aliphatic hydroxyl groups is 1. The van der Waals surface area contributed by atoms with Gasteiger partial charge in [0.2, 0.25) is 10.0 Å². The lowest BCUT2D eigenvalue weighted by molar-refractivity contribution is 0.169. The van der Waals surface area contributed by atoms with Crippen LogP contribution in [-0.2, 0) is 10.0 Å². The van der Waals surface area contributed by atoms with Crippen molar-refractivity contribution >= 4 is 27.4 Å². The molecule has 0 saturated heterocycles. The van der Waals surface area contributed by atoms with Crippen LogP contribution in [0, 0.1) is 0 Å². The molecular formula is C15H17NO3S2. The second-order valence-corrected chi connectivity index (χ2v) is 6.94. The molecule has 0 fully saturated rings. The van der Waals surface area contributed by atoms with Crippen LogP contribution in [0.15, 0.2) is 52.6 Å². The molecule has 0 aliphatic rings. The molecule has 1 heterocycles. The molecule has 4 nitrogen and oxygen atoms in total. The van der Waals surface area contributed by atoms with Crippen LogP contribution in [0.3, 0.4) is 0 Å². The summed E-state index contributed by atoms with van der Waals surface area (Å²) in [5.74, 6) is 0. The van der Waals surface area contributed by atoms with Gasteiger partial charge in [0.25, 0.3) is 0 Å². The average Bonchev–Trinajstić information content (AvgIpc) is 3.00. The quantitative estimate of drug-likeness (QED) is 0.823. The molecule has 112 valence electrons. The van der Waals surface area contributed by atoms with Crippen LogP contribution in [0.25, 0.3) is 6.08 Å². The Morgan fingerprint density at radius 1 is 1.24 bits per heavy atom. The van der Waals surface area contributed by atoms with E-state index in [0.29, 0.717) is 6.42 Å². The highest BCUT2D eigenvalue weighted by molar-refractivity contribution is 7.92. The number of hydrogen-bond acceptors (Lipinski definition) is 4. The average molecular weight is 323 g/mol. The van der Waals surface area contributed by atoms with E-state index in [1.807, 2.05) is 47.2 Å². The highest BCUT2D eigenvalue weighted by Gasteiger charge is 2.10. The third-order valence-corrected chi connectivity index (χ3v) is 4.69. The van der Waals surface area contributed by atoms with E-state index in [-0.39, 0.29) is 6.54 Å². The van der Waals surface area contributed by atoms with Crippen molar-refractivity contribution < 1.29 is 13.5 Å². The summed E-state index contributed by atoms with van der Waals surface area (Å²) in [4.78, 5) is 0. The molecule has 0 bridgehead atoms. The van der Waals surface area contributed by atoms with Crippen LogP contribution in [0.2, 0.25) is 0 Å². The lowest BCUT2D eigenvalue weighted by atomic mass is 10.1. The summed E-state index contributed by atoms with van der Waals surface area (Å²) in [5.41, 5.74) is 1.64. The first-order valence-corrected chi connectivity index (χ1v) is 8.99. The van der Waals surface area contributed by atoms with E-state index >= 15 is 0 Å². The molecule has 2 aromatic rings. The third kappa shape index (κ3) is 5.43. The van der Waals surface area contributed by atoms with Crippen LogP contribution in [0.1, 0.15) is 23.7 Å². The third-order valence-electron chi connectivity index (χ3n) is 2.89. The van der Waals surface area contributed by atoms with Crippen molar-refractivity contribution in [3.05, 3.63) is 63.7 Å². The smallest absolute Gasteiger partial charge is 0.233 e. The topological polar surface area (TPSA) is 66.4 Å². The van der Waals surface area contributed by atoms with Gasteiger partial charge in [-0.2, -0.15) is 11.3 Å². The molecule has 6 heteroatoms. The molecule has 0 spiro atoms. The number of benzene rings is 1. The zero-order valence-electron chi connectivity index (χ0n) is 11.3. The van der Waals surface area contributed by atoms with E-state index in [4.69, 9.17) is 0 Å². The Morgan fingerprint density at radius 2 is 2.00 bits per heavy atom. The molecule has 2 rings (SSSR count). The number of nitrogens with one attached hydrogen (secondary N) is 1. The Bertz CT molecular complexity index is 664. The van der Waals surface area contributed by atoms with E-state index in [1.54, 1.807) is 0 Å². The Labute approximate surface area is 128 Å². The number of sulfonamides is 1. The highest BCUT2D eigenvalue weighted by Crippen LogP contribution is 2.18. The SMILES string of the molecule is O=S(=O)(/C=C/c1ccccc1)NCC[C@H](O)c1ccsc1. The zero-order valence-corrected chi connectivity index (χ0v) is 13.0. The van der Waals surface area contributed by atoms with E-state index in [1.165, 1.54) is 17.4 Å². The summed E-state index contributed by atoms with van der Waals surface area (Å²) in [6.45, 7) is 0.193. The zero-order chi connectivity index (χ0) is 15.1. The molecular weight excluding hydrogens is 306 g/mol. The maximum Gasteiger partial charge on any atom is 0.233 e. The van der Waals surface area contributed by atoms with Crippen LogP contribution in [0.5, 0.6) is 0 Å². The molecule has 0 radical (unpaired) electrons. The summed E-state index contributed by atoms with van der Waals surface area (Å²) < 4.78 is 26.0. The summed E-state index contributed by atoms with van der Waals surface area (Å²) in [6, 6.07) is 11.0. The van der Waals surface area contributed by atoms with Gasteiger partial charge in [-0.05, 0) is 40.5 Å². The van der Waals surface area contributed by atoms with Crippen molar-refractivity contribution in [3.63, 3.8) is 0 Å². The maximum absolute atomic E-state index is 11.8. The van der Waals surface area contributed by atoms with E-state index in [2.05, 4.69) is 4.72 Å². The molecule has 0 saturated carbocycles. The molecule has 21 heavy (non-hydrogen) atoms. The Balaban J connectivity index is 1.83. The summed E-state index contributed by atoms with van der Waals surface area (Å²) in [7, 11) is -3.48. The predicted molar refractivity (Wildman–Crippen MR) is 86.3 cm³/mol. The van der Waals surface area contributed by atoms with Crippen molar-refractivity contribution in [1.29, 1.82) is 0 Å². The fraction of sp³-hybridized carbons (Fsp3) is 0.200. The Hall–Kier alpha value is -1.47. The van der Waals surface area contributed by atoms with Crippen molar-refractivity contribution in [3.8, 4) is 0 Å². The lowest BCUT2D eigenvalue weighted by Crippen LogP contribution is -2.23. The minimum Gasteiger partial charge on any atom is -0.388 e. The summed E-state index contributed by atoms with van der Waals surface area (Å²) in [5, 5.41) is 14.7. The number of hydrogen-bond donors (Lipinski definition) is 2. The van der Waals surface area contributed by atoms with E-state index < -0.39 is 16.1 Å². The second-order valence-electron chi connectivity index (χ2n) is 4.51. The van der Waals surface area contributed by atoms with Gasteiger partial charge >= 0.3 is 0 Å². The van der Waals surface area contributed by atoms with Crippen LogP contribution >= 0.6 is 11.3 Å². The molecule has 1 aromatic heterocycles. The van der Waals surface area contributed by atoms with Gasteiger partial charge in [-0.15, -0.1) is 0 Å². The standard InChI is InChI=1S/C15H17NO3S2/c17-15(14-7-10-20-12-14)6-9-16-21(18,19)11-8-13-4-2-1-3-5-13/h1-5,7-8,10-12,15-17H,6,9H2/b11-8+/t15-/m0/s1. The second kappa shape index (κ2) is 7.51. The largest absolute Gasteiger partial charge is 0.388 e. The molecule has 1 atom stereocenters. The fourth-order valence-corrected chi connectivity index (χ4v) is 3.29. The fourth-order valence-electron chi connectivity index (χ4n) is 1.75. The van der Waals surface area contributed by atoms with Gasteiger partial charge in [-0.1, -0.05) is 30.3 Å². The van der Waals surface area contributed by atoms with Crippen LogP contribution < -0.4 is 4.72 Å². The maximum atomic E-state index is 11.8. The van der Waals surface area contributed by atoms with Gasteiger partial charge in [-0.25, -0.2) is 13.1 Å². The van der Waals surface area contributed by atoms with Crippen molar-refractivity contribution in [1.82, 2.24) is 4.72 Å². The minimum absolute atomic E-state index is 0.193. The monoisotopic (exact) mass is 323 g/mol. The molecule has 2 N–H and O–H groups in total. The number of rotatable bonds is 7. The summed E-state index contributed by atoms with van der Waals surface area (Å²) in [6.07, 6.45) is 1.24. The van der Waals surface area contributed by atoms with Gasteiger partial charge in [0.15, 0.2) is 0 Å². The van der Waals surface area contributed by atoms with E-state index in [9.17, 15) is 13.5 Å². The number of thiophene rings is 1. The first-order valence-electron chi connectivity index (χ1n) is 6.50. The van der Waals surface area contributed by atoms with Gasteiger partial charge < -0.3 is 5.11 Å². The van der Waals surface area contributed by atoms with Crippen LogP contribution in [0.4, 0.5) is 0 Å². The van der Waals surface area contributed by atoms with Crippen molar-refractivity contribution in [2.24, 2.45) is 0 Å². The van der Waals surface area contributed by atoms with Crippen molar-refractivity contribution in [2.75, 3.05) is 6.54 Å². The molecule has 1 aromatic carbocycles. The van der Waals surface area contributed by atoms with Gasteiger partial charge in [0, 0.05) is 12.0 Å². The Kier molecular flexibility index (Phi) is 5.69. The van der Waals surface area contributed by atoms with Gasteiger partial charge in [0.1, 0.15) is 0 Å². The van der Waals surface area contributed by atoms with Crippen molar-refractivity contribution in [2.45, 2.75) is 12.5 Å². The predicted octanol–water partition coefficient (Wildman–Crippen LogP) is 2.76. The number of aliphatic hydroxyl groups excluding tert-OH is 1. The molecule has 0 aliphatic carbocycles. The first kappa shape index (κ1) is 15.9. The lowest BCUT2D eigenvalue weighted by Gasteiger charge is -2.08. The summed E-state index contributed by atoms with van der Waals surface area (Å²) >= 11 is 1.50. The van der Waals surface area contributed by atoms with E-state index in [0.717, 1.165) is 16.5 Å². The molecule has 0 aliphatic heterocycles. The van der Waals surface area contributed by atoms with Gasteiger partial charge in [-0.3, -0.25) is 0 Å². The molecule has 0 unspecified atom stereocenters. The Morgan fingerprint density at radius 3 is 2.67 bits per heavy atom. The van der Waals surface area contributed by atoms with Crippen LogP contribution in [-0.4, -0.2) is 20.1 Å². The highest BCUT2D eigenvalue weighted by atomic mass is 32.2. The normalized spacial score (nSPS) is 13.6. The molecule has 0 amide bonds. The minimum atomic E-state index is -3.48. The first-order chi connectivity index (χ1) is 10.1.